The normalized spacial score (nSPS) is 12.0. The minimum absolute atomic E-state index is 0.433. The predicted molar refractivity (Wildman–Crippen MR) is 76.0 cm³/mol. The summed E-state index contributed by atoms with van der Waals surface area (Å²) in [5.41, 5.74) is 6.47. The largest absolute Gasteiger partial charge is 0.419 e. The first-order valence-corrected chi connectivity index (χ1v) is 6.61. The lowest BCUT2D eigenvalue weighted by Crippen LogP contribution is -2.03. The zero-order chi connectivity index (χ0) is 15.2. The fourth-order valence-electron chi connectivity index (χ4n) is 1.99. The maximum absolute atomic E-state index is 12.7. The molecular weight excluding hydrogens is 349 g/mol. The monoisotopic (exact) mass is 356 g/mol. The van der Waals surface area contributed by atoms with Crippen molar-refractivity contribution in [3.63, 3.8) is 0 Å². The molecule has 0 amide bonds. The van der Waals surface area contributed by atoms with Crippen LogP contribution in [-0.2, 0) is 6.18 Å². The van der Waals surface area contributed by atoms with Crippen molar-refractivity contribution in [3.05, 3.63) is 46.8 Å². The number of fused-ring (bicyclic) bond motifs is 1. The van der Waals surface area contributed by atoms with Gasteiger partial charge in [0.25, 0.3) is 0 Å². The van der Waals surface area contributed by atoms with Gasteiger partial charge in [-0.15, -0.1) is 0 Å². The molecule has 0 atom stereocenters. The van der Waals surface area contributed by atoms with E-state index in [0.717, 1.165) is 21.5 Å². The van der Waals surface area contributed by atoms with Crippen LogP contribution in [0.1, 0.15) is 5.56 Å². The number of benzene rings is 1. The highest BCUT2D eigenvalue weighted by Crippen LogP contribution is 2.31. The Hall–Kier alpha value is -2.09. The molecule has 8 heteroatoms. The van der Waals surface area contributed by atoms with E-state index in [2.05, 4.69) is 26.0 Å². The lowest BCUT2D eigenvalue weighted by molar-refractivity contribution is -0.137. The van der Waals surface area contributed by atoms with Crippen LogP contribution in [0.5, 0.6) is 0 Å². The van der Waals surface area contributed by atoms with Crippen molar-refractivity contribution < 1.29 is 13.2 Å². The highest BCUT2D eigenvalue weighted by atomic mass is 79.9. The Morgan fingerprint density at radius 2 is 1.95 bits per heavy atom. The van der Waals surface area contributed by atoms with Gasteiger partial charge in [0, 0.05) is 27.9 Å². The molecule has 2 N–H and O–H groups in total. The minimum atomic E-state index is -4.43. The van der Waals surface area contributed by atoms with Gasteiger partial charge in [-0.05, 0) is 34.1 Å². The van der Waals surface area contributed by atoms with Gasteiger partial charge in [0.15, 0.2) is 0 Å². The summed E-state index contributed by atoms with van der Waals surface area (Å²) in [5, 5.41) is 4.40. The molecule has 1 aromatic carbocycles. The van der Waals surface area contributed by atoms with E-state index in [1.165, 1.54) is 0 Å². The highest BCUT2D eigenvalue weighted by Gasteiger charge is 2.32. The molecule has 0 aliphatic carbocycles. The van der Waals surface area contributed by atoms with Gasteiger partial charge in [0.2, 0.25) is 0 Å². The number of alkyl halides is 3. The second kappa shape index (κ2) is 4.73. The van der Waals surface area contributed by atoms with E-state index in [4.69, 9.17) is 5.73 Å². The maximum Gasteiger partial charge on any atom is 0.419 e. The molecule has 4 nitrogen and oxygen atoms in total. The maximum atomic E-state index is 12.7. The number of nitrogen functional groups attached to an aromatic ring is 1. The Morgan fingerprint density at radius 1 is 1.19 bits per heavy atom. The molecule has 2 aromatic heterocycles. The summed E-state index contributed by atoms with van der Waals surface area (Å²) in [7, 11) is 0. The number of halogens is 4. The summed E-state index contributed by atoms with van der Waals surface area (Å²) >= 11 is 3.29. The van der Waals surface area contributed by atoms with Gasteiger partial charge in [-0.1, -0.05) is 0 Å². The van der Waals surface area contributed by atoms with Crippen LogP contribution in [0.15, 0.2) is 41.3 Å². The fourth-order valence-corrected chi connectivity index (χ4v) is 2.32. The zero-order valence-corrected chi connectivity index (χ0v) is 12.0. The van der Waals surface area contributed by atoms with Crippen LogP contribution in [0.2, 0.25) is 0 Å². The van der Waals surface area contributed by atoms with Crippen molar-refractivity contribution in [2.24, 2.45) is 0 Å². The third-order valence-electron chi connectivity index (χ3n) is 2.99. The van der Waals surface area contributed by atoms with Crippen molar-refractivity contribution in [1.29, 1.82) is 0 Å². The molecule has 0 unspecified atom stereocenters. The van der Waals surface area contributed by atoms with E-state index in [0.29, 0.717) is 22.3 Å². The number of nitrogens with zero attached hydrogens (tertiary/aromatic N) is 3. The third kappa shape index (κ3) is 2.46. The third-order valence-corrected chi connectivity index (χ3v) is 3.42. The number of pyridine rings is 1. The van der Waals surface area contributed by atoms with Crippen LogP contribution >= 0.6 is 15.9 Å². The number of nitrogens with two attached hydrogens (primary N) is 1. The number of aromatic nitrogens is 3. The topological polar surface area (TPSA) is 56.7 Å². The van der Waals surface area contributed by atoms with Gasteiger partial charge in [0.05, 0.1) is 23.0 Å². The molecule has 0 aliphatic rings. The van der Waals surface area contributed by atoms with Crippen molar-refractivity contribution in [2.75, 3.05) is 5.73 Å². The van der Waals surface area contributed by atoms with Crippen molar-refractivity contribution >= 4 is 32.5 Å². The van der Waals surface area contributed by atoms with Crippen LogP contribution in [0.3, 0.4) is 0 Å². The second-order valence-corrected chi connectivity index (χ2v) is 5.31. The average Bonchev–Trinajstić information content (AvgIpc) is 2.89. The van der Waals surface area contributed by atoms with Crippen molar-refractivity contribution in [2.45, 2.75) is 6.18 Å². The molecule has 0 saturated heterocycles. The van der Waals surface area contributed by atoms with E-state index in [1.54, 1.807) is 24.4 Å². The molecule has 0 bridgehead atoms. The number of hydrogen-bond donors (Lipinski definition) is 1. The number of anilines is 1. The zero-order valence-electron chi connectivity index (χ0n) is 10.4. The first-order valence-electron chi connectivity index (χ1n) is 5.82. The van der Waals surface area contributed by atoms with Crippen LogP contribution in [0.25, 0.3) is 16.6 Å². The molecular formula is C13H8BrF3N4. The number of rotatable bonds is 1. The summed E-state index contributed by atoms with van der Waals surface area (Å²) in [5.74, 6) is 0. The van der Waals surface area contributed by atoms with Gasteiger partial charge in [-0.3, -0.25) is 4.98 Å². The predicted octanol–water partition coefficient (Wildman–Crippen LogP) is 3.78. The molecule has 0 fully saturated rings. The fraction of sp³-hybridized carbons (Fsp3) is 0.0769. The van der Waals surface area contributed by atoms with Gasteiger partial charge in [-0.25, -0.2) is 4.68 Å². The Balaban J connectivity index is 2.21. The van der Waals surface area contributed by atoms with E-state index < -0.39 is 11.7 Å². The molecule has 0 saturated carbocycles. The standard InChI is InChI=1S/C13H8BrF3N4/c14-8-3-9-10(18)1-2-11(12(9)19-5-8)21-6-7(4-20-21)13(15,16)17/h1-6H,18H2. The van der Waals surface area contributed by atoms with Gasteiger partial charge in [0.1, 0.15) is 0 Å². The van der Waals surface area contributed by atoms with E-state index in [1.807, 2.05) is 0 Å². The minimum Gasteiger partial charge on any atom is -0.398 e. The molecule has 108 valence electrons. The lowest BCUT2D eigenvalue weighted by atomic mass is 10.1. The van der Waals surface area contributed by atoms with E-state index >= 15 is 0 Å². The summed E-state index contributed by atoms with van der Waals surface area (Å²) in [6, 6.07) is 4.96. The summed E-state index contributed by atoms with van der Waals surface area (Å²) < 4.78 is 39.8. The van der Waals surface area contributed by atoms with Crippen LogP contribution in [-0.4, -0.2) is 14.8 Å². The first-order chi connectivity index (χ1) is 9.86. The van der Waals surface area contributed by atoms with E-state index in [-0.39, 0.29) is 0 Å². The van der Waals surface area contributed by atoms with Crippen LogP contribution in [0.4, 0.5) is 18.9 Å². The van der Waals surface area contributed by atoms with Crippen molar-refractivity contribution in [1.82, 2.24) is 14.8 Å². The lowest BCUT2D eigenvalue weighted by Gasteiger charge is -2.08. The van der Waals surface area contributed by atoms with Crippen LogP contribution < -0.4 is 5.73 Å². The molecule has 21 heavy (non-hydrogen) atoms. The van der Waals surface area contributed by atoms with Crippen LogP contribution in [0, 0.1) is 0 Å². The first kappa shape index (κ1) is 13.9. The smallest absolute Gasteiger partial charge is 0.398 e. The quantitative estimate of drug-likeness (QED) is 0.675. The summed E-state index contributed by atoms with van der Waals surface area (Å²) in [4.78, 5) is 4.22. The molecule has 0 spiro atoms. The molecule has 2 heterocycles. The van der Waals surface area contributed by atoms with Gasteiger partial charge >= 0.3 is 6.18 Å². The molecule has 3 aromatic rings. The van der Waals surface area contributed by atoms with E-state index in [9.17, 15) is 13.2 Å². The Labute approximate surface area is 125 Å². The average molecular weight is 357 g/mol. The van der Waals surface area contributed by atoms with Gasteiger partial charge in [-0.2, -0.15) is 18.3 Å². The Bertz CT molecular complexity index is 826. The summed E-state index contributed by atoms with van der Waals surface area (Å²) in [6.07, 6.45) is -1.17. The summed E-state index contributed by atoms with van der Waals surface area (Å²) in [6.45, 7) is 0. The Morgan fingerprint density at radius 3 is 2.62 bits per heavy atom. The molecule has 0 radical (unpaired) electrons. The van der Waals surface area contributed by atoms with Crippen molar-refractivity contribution in [3.8, 4) is 5.69 Å². The highest BCUT2D eigenvalue weighted by molar-refractivity contribution is 9.10. The number of hydrogen-bond acceptors (Lipinski definition) is 3. The molecule has 0 aliphatic heterocycles. The van der Waals surface area contributed by atoms with Gasteiger partial charge < -0.3 is 5.73 Å². The SMILES string of the molecule is Nc1ccc(-n2cc(C(F)(F)F)cn2)c2ncc(Br)cc12. The second-order valence-electron chi connectivity index (χ2n) is 4.39. The molecule has 3 rings (SSSR count). The Kier molecular flexibility index (Phi) is 3.12.